The second-order valence-corrected chi connectivity index (χ2v) is 6.71. The fourth-order valence-corrected chi connectivity index (χ4v) is 3.19. The van der Waals surface area contributed by atoms with Crippen molar-refractivity contribution >= 4 is 29.4 Å². The average Bonchev–Trinajstić information content (AvgIpc) is 2.37. The van der Waals surface area contributed by atoms with E-state index in [9.17, 15) is 9.90 Å². The van der Waals surface area contributed by atoms with Crippen molar-refractivity contribution in [1.29, 1.82) is 0 Å². The van der Waals surface area contributed by atoms with Crippen LogP contribution in [-0.2, 0) is 0 Å². The number of amides is 1. The lowest BCUT2D eigenvalue weighted by Gasteiger charge is -2.22. The quantitative estimate of drug-likeness (QED) is 0.760. The monoisotopic (exact) mass is 299 g/mol. The minimum atomic E-state index is -0.873. The molecule has 1 aromatic carbocycles. The molecule has 3 nitrogen and oxygen atoms in total. The van der Waals surface area contributed by atoms with Gasteiger partial charge in [-0.15, -0.1) is 11.8 Å². The predicted molar refractivity (Wildman–Crippen MR) is 84.2 cm³/mol. The molecule has 0 saturated heterocycles. The van der Waals surface area contributed by atoms with Gasteiger partial charge in [-0.05, 0) is 31.1 Å². The molecule has 0 fully saturated rings. The van der Waals surface area contributed by atoms with E-state index >= 15 is 0 Å². The van der Waals surface area contributed by atoms with Gasteiger partial charge in [0.25, 0.3) is 5.91 Å². The third kappa shape index (κ3) is 5.47. The third-order valence-electron chi connectivity index (χ3n) is 2.52. The first-order valence-corrected chi connectivity index (χ1v) is 8.59. The Hall–Kier alpha value is -0.650. The van der Waals surface area contributed by atoms with Gasteiger partial charge in [-0.1, -0.05) is 19.1 Å². The summed E-state index contributed by atoms with van der Waals surface area (Å²) in [5.74, 6) is 1.39. The van der Waals surface area contributed by atoms with Crippen LogP contribution >= 0.6 is 23.5 Å². The predicted octanol–water partition coefficient (Wildman–Crippen LogP) is 2.64. The van der Waals surface area contributed by atoms with Gasteiger partial charge in [0.1, 0.15) is 0 Å². The van der Waals surface area contributed by atoms with Gasteiger partial charge in [-0.2, -0.15) is 11.8 Å². The van der Waals surface area contributed by atoms with Crippen molar-refractivity contribution in [2.75, 3.05) is 24.3 Å². The van der Waals surface area contributed by atoms with Crippen molar-refractivity contribution in [3.05, 3.63) is 29.8 Å². The van der Waals surface area contributed by atoms with Crippen LogP contribution in [0.2, 0.25) is 0 Å². The Morgan fingerprint density at radius 2 is 2.11 bits per heavy atom. The summed E-state index contributed by atoms with van der Waals surface area (Å²) in [4.78, 5) is 13.1. The molecule has 19 heavy (non-hydrogen) atoms. The molecule has 1 rings (SSSR count). The Morgan fingerprint density at radius 3 is 2.74 bits per heavy atom. The summed E-state index contributed by atoms with van der Waals surface area (Å²) >= 11 is 3.21. The van der Waals surface area contributed by atoms with Crippen molar-refractivity contribution in [2.45, 2.75) is 24.3 Å². The van der Waals surface area contributed by atoms with Crippen LogP contribution in [0.25, 0.3) is 0 Å². The van der Waals surface area contributed by atoms with Crippen LogP contribution in [-0.4, -0.2) is 40.9 Å². The highest BCUT2D eigenvalue weighted by molar-refractivity contribution is 7.99. The van der Waals surface area contributed by atoms with Gasteiger partial charge < -0.3 is 10.4 Å². The average molecular weight is 299 g/mol. The molecule has 2 N–H and O–H groups in total. The molecular weight excluding hydrogens is 278 g/mol. The van der Waals surface area contributed by atoms with E-state index in [1.54, 1.807) is 30.4 Å². The summed E-state index contributed by atoms with van der Waals surface area (Å²) in [5.41, 5.74) is -0.198. The highest BCUT2D eigenvalue weighted by Gasteiger charge is 2.21. The lowest BCUT2D eigenvalue weighted by atomic mass is 10.1. The molecule has 1 aromatic rings. The first-order chi connectivity index (χ1) is 9.00. The molecule has 0 aliphatic rings. The molecule has 0 aliphatic carbocycles. The zero-order valence-corrected chi connectivity index (χ0v) is 13.2. The molecule has 0 heterocycles. The normalized spacial score (nSPS) is 13.9. The van der Waals surface area contributed by atoms with Crippen molar-refractivity contribution < 1.29 is 9.90 Å². The standard InChI is InChI=1S/C14H21NO2S2/c1-4-19-12-8-6-5-7-11(12)13(16)15-9-14(2,17)10-18-3/h5-8,17H,4,9-10H2,1-3H3,(H,15,16). The van der Waals surface area contributed by atoms with Gasteiger partial charge in [0, 0.05) is 17.2 Å². The third-order valence-corrected chi connectivity index (χ3v) is 4.38. The molecule has 5 heteroatoms. The first kappa shape index (κ1) is 16.4. The zero-order chi connectivity index (χ0) is 14.3. The van der Waals surface area contributed by atoms with Crippen LogP contribution in [0.3, 0.4) is 0 Å². The van der Waals surface area contributed by atoms with Crippen molar-refractivity contribution in [1.82, 2.24) is 5.32 Å². The number of nitrogens with one attached hydrogen (secondary N) is 1. The number of hydrogen-bond donors (Lipinski definition) is 2. The molecular formula is C14H21NO2S2. The Labute approximate surface area is 123 Å². The second kappa shape index (κ2) is 7.82. The van der Waals surface area contributed by atoms with Gasteiger partial charge in [-0.25, -0.2) is 0 Å². The number of hydrogen-bond acceptors (Lipinski definition) is 4. The van der Waals surface area contributed by atoms with Crippen LogP contribution in [0, 0.1) is 0 Å². The Balaban J connectivity index is 2.68. The maximum Gasteiger partial charge on any atom is 0.252 e. The van der Waals surface area contributed by atoms with Crippen molar-refractivity contribution in [3.63, 3.8) is 0 Å². The Kier molecular flexibility index (Phi) is 6.75. The summed E-state index contributed by atoms with van der Waals surface area (Å²) < 4.78 is 0. The topological polar surface area (TPSA) is 49.3 Å². The van der Waals surface area contributed by atoms with E-state index < -0.39 is 5.60 Å². The second-order valence-electron chi connectivity index (χ2n) is 4.54. The van der Waals surface area contributed by atoms with Crippen LogP contribution in [0.5, 0.6) is 0 Å². The van der Waals surface area contributed by atoms with Crippen molar-refractivity contribution in [2.24, 2.45) is 0 Å². The molecule has 0 aliphatic heterocycles. The molecule has 0 saturated carbocycles. The van der Waals surface area contributed by atoms with E-state index in [4.69, 9.17) is 0 Å². The summed E-state index contributed by atoms with van der Waals surface area (Å²) in [6.45, 7) is 4.05. The number of thioether (sulfide) groups is 2. The first-order valence-electron chi connectivity index (χ1n) is 6.21. The molecule has 1 atom stereocenters. The van der Waals surface area contributed by atoms with Crippen LogP contribution in [0.1, 0.15) is 24.2 Å². The lowest BCUT2D eigenvalue weighted by molar-refractivity contribution is 0.0723. The Bertz CT molecular complexity index is 422. The molecule has 0 aromatic heterocycles. The van der Waals surface area contributed by atoms with E-state index in [2.05, 4.69) is 12.2 Å². The SMILES string of the molecule is CCSc1ccccc1C(=O)NCC(C)(O)CSC. The van der Waals surface area contributed by atoms with Gasteiger partial charge in [-0.3, -0.25) is 4.79 Å². The molecule has 1 unspecified atom stereocenters. The van der Waals surface area contributed by atoms with E-state index in [0.717, 1.165) is 10.6 Å². The number of carbonyl (C=O) groups is 1. The van der Waals surface area contributed by atoms with Crippen LogP contribution in [0.4, 0.5) is 0 Å². The minimum Gasteiger partial charge on any atom is -0.387 e. The largest absolute Gasteiger partial charge is 0.387 e. The number of rotatable bonds is 7. The smallest absolute Gasteiger partial charge is 0.252 e. The maximum atomic E-state index is 12.1. The van der Waals surface area contributed by atoms with Gasteiger partial charge in [0.05, 0.1) is 11.2 Å². The summed E-state index contributed by atoms with van der Waals surface area (Å²) in [6.07, 6.45) is 1.93. The van der Waals surface area contributed by atoms with E-state index in [1.165, 1.54) is 0 Å². The van der Waals surface area contributed by atoms with E-state index in [1.807, 2.05) is 30.5 Å². The molecule has 106 valence electrons. The summed E-state index contributed by atoms with van der Waals surface area (Å²) in [5, 5.41) is 12.8. The number of benzene rings is 1. The van der Waals surface area contributed by atoms with E-state index in [-0.39, 0.29) is 12.5 Å². The highest BCUT2D eigenvalue weighted by atomic mass is 32.2. The highest BCUT2D eigenvalue weighted by Crippen LogP contribution is 2.22. The van der Waals surface area contributed by atoms with Gasteiger partial charge in [0.2, 0.25) is 0 Å². The fourth-order valence-electron chi connectivity index (χ4n) is 1.66. The van der Waals surface area contributed by atoms with Crippen LogP contribution in [0.15, 0.2) is 29.2 Å². The molecule has 0 spiro atoms. The lowest BCUT2D eigenvalue weighted by Crippen LogP contribution is -2.42. The van der Waals surface area contributed by atoms with E-state index in [0.29, 0.717) is 11.3 Å². The van der Waals surface area contributed by atoms with Crippen LogP contribution < -0.4 is 5.32 Å². The van der Waals surface area contributed by atoms with Crippen molar-refractivity contribution in [3.8, 4) is 0 Å². The Morgan fingerprint density at radius 1 is 1.42 bits per heavy atom. The summed E-state index contributed by atoms with van der Waals surface area (Å²) in [6, 6.07) is 7.55. The molecule has 0 bridgehead atoms. The molecule has 1 amide bonds. The number of carbonyl (C=O) groups excluding carboxylic acids is 1. The summed E-state index contributed by atoms with van der Waals surface area (Å²) in [7, 11) is 0. The molecule has 0 radical (unpaired) electrons. The van der Waals surface area contributed by atoms with Gasteiger partial charge in [0.15, 0.2) is 0 Å². The minimum absolute atomic E-state index is 0.127. The van der Waals surface area contributed by atoms with Gasteiger partial charge >= 0.3 is 0 Å². The maximum absolute atomic E-state index is 12.1. The fraction of sp³-hybridized carbons (Fsp3) is 0.500. The zero-order valence-electron chi connectivity index (χ0n) is 11.6. The number of aliphatic hydroxyl groups is 1.